The van der Waals surface area contributed by atoms with Crippen molar-refractivity contribution in [1.29, 1.82) is 0 Å². The van der Waals surface area contributed by atoms with Crippen LogP contribution in [0, 0.1) is 0 Å². The first-order valence-electron chi connectivity index (χ1n) is 9.57. The third-order valence-electron chi connectivity index (χ3n) is 4.56. The van der Waals surface area contributed by atoms with E-state index in [4.69, 9.17) is 14.6 Å². The molecule has 1 aliphatic heterocycles. The molecule has 1 aliphatic rings. The molecule has 11 heteroatoms. The van der Waals surface area contributed by atoms with Crippen LogP contribution in [0.2, 0.25) is 0 Å². The number of benzene rings is 1. The Morgan fingerprint density at radius 1 is 1.26 bits per heavy atom. The number of fused-ring (bicyclic) bond motifs is 1. The molecule has 8 nitrogen and oxygen atoms in total. The molecule has 2 aromatic rings. The highest BCUT2D eigenvalue weighted by Crippen LogP contribution is 2.22. The highest BCUT2D eigenvalue weighted by molar-refractivity contribution is 5.76. The van der Waals surface area contributed by atoms with Gasteiger partial charge in [0.25, 0.3) is 0 Å². The van der Waals surface area contributed by atoms with Crippen LogP contribution in [0.3, 0.4) is 0 Å². The summed E-state index contributed by atoms with van der Waals surface area (Å²) < 4.78 is 39.5. The van der Waals surface area contributed by atoms with Crippen molar-refractivity contribution in [1.82, 2.24) is 20.0 Å². The molecule has 0 saturated heterocycles. The molecule has 170 valence electrons. The van der Waals surface area contributed by atoms with Gasteiger partial charge in [-0.2, -0.15) is 18.3 Å². The van der Waals surface area contributed by atoms with Gasteiger partial charge in [0.1, 0.15) is 0 Å². The first kappa shape index (κ1) is 24.4. The van der Waals surface area contributed by atoms with Crippen molar-refractivity contribution in [2.24, 2.45) is 0 Å². The largest absolute Gasteiger partial charge is 0.490 e. The van der Waals surface area contributed by atoms with Crippen LogP contribution in [0.1, 0.15) is 23.7 Å². The number of carboxylic acid groups (broad SMARTS) is 1. The van der Waals surface area contributed by atoms with Crippen molar-refractivity contribution in [2.75, 3.05) is 26.7 Å². The van der Waals surface area contributed by atoms with E-state index in [1.165, 1.54) is 5.56 Å². The van der Waals surface area contributed by atoms with Crippen LogP contribution in [0.15, 0.2) is 42.6 Å². The smallest absolute Gasteiger partial charge is 0.475 e. The number of alkyl halides is 3. The molecule has 0 fully saturated rings. The summed E-state index contributed by atoms with van der Waals surface area (Å²) in [4.78, 5) is 23.0. The Morgan fingerprint density at radius 2 is 1.94 bits per heavy atom. The second-order valence-electron chi connectivity index (χ2n) is 6.87. The fourth-order valence-electron chi connectivity index (χ4n) is 3.06. The summed E-state index contributed by atoms with van der Waals surface area (Å²) in [5, 5.41) is 14.2. The zero-order valence-electron chi connectivity index (χ0n) is 17.0. The van der Waals surface area contributed by atoms with Crippen LogP contribution < -0.4 is 5.32 Å². The second-order valence-corrected chi connectivity index (χ2v) is 6.87. The molecule has 1 aromatic heterocycles. The Kier molecular flexibility index (Phi) is 9.01. The van der Waals surface area contributed by atoms with Crippen LogP contribution in [0.5, 0.6) is 0 Å². The molecule has 2 N–H and O–H groups in total. The molecule has 0 aliphatic carbocycles. The molecular formula is C20H25F3N4O4. The zero-order chi connectivity index (χ0) is 22.9. The van der Waals surface area contributed by atoms with Gasteiger partial charge in [-0.1, -0.05) is 30.3 Å². The molecule has 0 bridgehead atoms. The number of carboxylic acids is 1. The van der Waals surface area contributed by atoms with Crippen LogP contribution in [0.4, 0.5) is 13.2 Å². The fraction of sp³-hybridized carbons (Fsp3) is 0.450. The summed E-state index contributed by atoms with van der Waals surface area (Å²) in [6, 6.07) is 12.3. The minimum absolute atomic E-state index is 0.0450. The Labute approximate surface area is 177 Å². The molecule has 1 unspecified atom stereocenters. The molecule has 0 radical (unpaired) electrons. The highest BCUT2D eigenvalue weighted by Gasteiger charge is 2.38. The van der Waals surface area contributed by atoms with Crippen molar-refractivity contribution in [3.63, 3.8) is 0 Å². The average Bonchev–Trinajstić information content (AvgIpc) is 3.20. The van der Waals surface area contributed by atoms with Gasteiger partial charge in [-0.05, 0) is 11.6 Å². The van der Waals surface area contributed by atoms with E-state index in [2.05, 4.69) is 27.4 Å². The van der Waals surface area contributed by atoms with E-state index in [1.54, 1.807) is 7.05 Å². The molecule has 0 saturated carbocycles. The predicted molar refractivity (Wildman–Crippen MR) is 105 cm³/mol. The lowest BCUT2D eigenvalue weighted by Crippen LogP contribution is -2.41. The van der Waals surface area contributed by atoms with Gasteiger partial charge in [0.05, 0.1) is 31.4 Å². The zero-order valence-corrected chi connectivity index (χ0v) is 17.0. The summed E-state index contributed by atoms with van der Waals surface area (Å²) >= 11 is 0. The molecule has 0 spiro atoms. The maximum absolute atomic E-state index is 11.7. The quantitative estimate of drug-likeness (QED) is 0.639. The number of nitrogens with zero attached hydrogens (tertiary/aromatic N) is 3. The SMILES string of the molecule is CNC(=O)CC1CN(CCOCc2ccccc2)Cc2ccnn21.O=C(O)C(F)(F)F. The van der Waals surface area contributed by atoms with E-state index in [1.807, 2.05) is 35.1 Å². The average molecular weight is 442 g/mol. The topological polar surface area (TPSA) is 96.7 Å². The number of nitrogens with one attached hydrogen (secondary N) is 1. The Bertz CT molecular complexity index is 842. The Morgan fingerprint density at radius 3 is 2.55 bits per heavy atom. The maximum Gasteiger partial charge on any atom is 0.490 e. The van der Waals surface area contributed by atoms with E-state index in [9.17, 15) is 18.0 Å². The molecule has 1 atom stereocenters. The number of ether oxygens (including phenoxy) is 1. The molecule has 1 amide bonds. The van der Waals surface area contributed by atoms with E-state index in [-0.39, 0.29) is 11.9 Å². The summed E-state index contributed by atoms with van der Waals surface area (Å²) in [6.07, 6.45) is -2.83. The lowest BCUT2D eigenvalue weighted by molar-refractivity contribution is -0.192. The van der Waals surface area contributed by atoms with E-state index in [0.29, 0.717) is 19.6 Å². The van der Waals surface area contributed by atoms with E-state index in [0.717, 1.165) is 25.3 Å². The first-order chi connectivity index (χ1) is 14.7. The van der Waals surface area contributed by atoms with Gasteiger partial charge < -0.3 is 15.2 Å². The molecule has 31 heavy (non-hydrogen) atoms. The summed E-state index contributed by atoms with van der Waals surface area (Å²) in [5.41, 5.74) is 2.34. The number of rotatable bonds is 7. The van der Waals surface area contributed by atoms with Crippen molar-refractivity contribution < 1.29 is 32.6 Å². The number of carbonyl (C=O) groups is 2. The normalized spacial score (nSPS) is 16.1. The summed E-state index contributed by atoms with van der Waals surface area (Å²) in [6.45, 7) is 3.82. The van der Waals surface area contributed by atoms with Crippen molar-refractivity contribution in [3.8, 4) is 0 Å². The van der Waals surface area contributed by atoms with Crippen LogP contribution in [-0.4, -0.2) is 64.6 Å². The number of hydrogen-bond donors (Lipinski definition) is 2. The number of aromatic nitrogens is 2. The third-order valence-corrected chi connectivity index (χ3v) is 4.56. The predicted octanol–water partition coefficient (Wildman–Crippen LogP) is 2.23. The first-order valence-corrected chi connectivity index (χ1v) is 9.57. The number of carbonyl (C=O) groups excluding carboxylic acids is 1. The lowest BCUT2D eigenvalue weighted by atomic mass is 10.1. The minimum Gasteiger partial charge on any atom is -0.475 e. The fourth-order valence-corrected chi connectivity index (χ4v) is 3.06. The van der Waals surface area contributed by atoms with Crippen LogP contribution in [0.25, 0.3) is 0 Å². The molecule has 3 rings (SSSR count). The van der Waals surface area contributed by atoms with Gasteiger partial charge in [0.2, 0.25) is 5.91 Å². The van der Waals surface area contributed by atoms with Crippen molar-refractivity contribution in [3.05, 3.63) is 53.9 Å². The number of hydrogen-bond acceptors (Lipinski definition) is 5. The van der Waals surface area contributed by atoms with E-state index >= 15 is 0 Å². The van der Waals surface area contributed by atoms with Crippen LogP contribution >= 0.6 is 0 Å². The van der Waals surface area contributed by atoms with Gasteiger partial charge in [-0.25, -0.2) is 4.79 Å². The third kappa shape index (κ3) is 8.02. The van der Waals surface area contributed by atoms with Crippen molar-refractivity contribution >= 4 is 11.9 Å². The monoisotopic (exact) mass is 442 g/mol. The Balaban J connectivity index is 0.000000423. The number of aliphatic carboxylic acids is 1. The lowest BCUT2D eigenvalue weighted by Gasteiger charge is -2.33. The summed E-state index contributed by atoms with van der Waals surface area (Å²) in [5.74, 6) is -2.71. The van der Waals surface area contributed by atoms with Gasteiger partial charge in [0.15, 0.2) is 0 Å². The minimum atomic E-state index is -5.08. The van der Waals surface area contributed by atoms with Gasteiger partial charge in [-0.3, -0.25) is 14.4 Å². The van der Waals surface area contributed by atoms with Gasteiger partial charge in [-0.15, -0.1) is 0 Å². The molecule has 1 aromatic carbocycles. The Hall–Kier alpha value is -2.92. The van der Waals surface area contributed by atoms with Crippen molar-refractivity contribution in [2.45, 2.75) is 31.8 Å². The van der Waals surface area contributed by atoms with E-state index < -0.39 is 12.1 Å². The number of amides is 1. The second kappa shape index (κ2) is 11.5. The van der Waals surface area contributed by atoms with Gasteiger partial charge >= 0.3 is 12.1 Å². The molecule has 2 heterocycles. The standard InChI is InChI=1S/C18H24N4O2.C2HF3O2/c1-19-18(23)11-17-13-21(12-16-7-8-20-22(16)17)9-10-24-14-15-5-3-2-4-6-15;3-2(4,5)1(6)7/h2-8,17H,9-14H2,1H3,(H,19,23);(H,6,7). The highest BCUT2D eigenvalue weighted by atomic mass is 19.4. The maximum atomic E-state index is 11.7. The van der Waals surface area contributed by atoms with Gasteiger partial charge in [0, 0.05) is 32.9 Å². The number of halogens is 3. The molecular weight excluding hydrogens is 417 g/mol. The summed E-state index contributed by atoms with van der Waals surface area (Å²) in [7, 11) is 1.67. The van der Waals surface area contributed by atoms with Crippen LogP contribution in [-0.2, 0) is 27.5 Å².